The SMILES string of the molecule is COC(=O)[C@@H](CCSC)NC(=O)c1ccc(C2SCCCS2)cc1. The Labute approximate surface area is 156 Å². The summed E-state index contributed by atoms with van der Waals surface area (Å²) in [5.74, 6) is 2.53. The number of ether oxygens (including phenoxy) is 1. The van der Waals surface area contributed by atoms with Crippen molar-refractivity contribution in [3.8, 4) is 0 Å². The van der Waals surface area contributed by atoms with Gasteiger partial charge in [-0.2, -0.15) is 11.8 Å². The number of hydrogen-bond acceptors (Lipinski definition) is 6. The van der Waals surface area contributed by atoms with E-state index in [1.165, 1.54) is 30.6 Å². The molecule has 7 heteroatoms. The molecule has 0 aromatic heterocycles. The van der Waals surface area contributed by atoms with Crippen molar-refractivity contribution >= 4 is 47.2 Å². The van der Waals surface area contributed by atoms with Gasteiger partial charge in [0.1, 0.15) is 6.04 Å². The molecular weight excluding hydrogens is 362 g/mol. The van der Waals surface area contributed by atoms with E-state index in [2.05, 4.69) is 5.32 Å². The van der Waals surface area contributed by atoms with Gasteiger partial charge in [0.05, 0.1) is 11.7 Å². The number of carbonyl (C=O) groups excluding carboxylic acids is 2. The van der Waals surface area contributed by atoms with Crippen molar-refractivity contribution in [1.29, 1.82) is 0 Å². The number of esters is 1. The van der Waals surface area contributed by atoms with E-state index in [4.69, 9.17) is 4.74 Å². The first kappa shape index (κ1) is 19.5. The van der Waals surface area contributed by atoms with Gasteiger partial charge in [0.15, 0.2) is 0 Å². The molecule has 1 N–H and O–H groups in total. The molecule has 1 aromatic rings. The number of rotatable bonds is 7. The molecule has 132 valence electrons. The predicted molar refractivity (Wildman–Crippen MR) is 105 cm³/mol. The summed E-state index contributed by atoms with van der Waals surface area (Å²) in [5.41, 5.74) is 1.82. The quantitative estimate of drug-likeness (QED) is 0.724. The molecule has 1 aliphatic heterocycles. The van der Waals surface area contributed by atoms with Crippen LogP contribution in [0, 0.1) is 0 Å². The van der Waals surface area contributed by atoms with Crippen LogP contribution in [-0.4, -0.2) is 48.5 Å². The van der Waals surface area contributed by atoms with Crippen molar-refractivity contribution in [2.24, 2.45) is 0 Å². The molecule has 1 heterocycles. The summed E-state index contributed by atoms with van der Waals surface area (Å²) in [6.07, 6.45) is 3.79. The van der Waals surface area contributed by atoms with Crippen LogP contribution in [0.5, 0.6) is 0 Å². The van der Waals surface area contributed by atoms with E-state index >= 15 is 0 Å². The lowest BCUT2D eigenvalue weighted by Gasteiger charge is -2.21. The lowest BCUT2D eigenvalue weighted by Crippen LogP contribution is -2.41. The van der Waals surface area contributed by atoms with Gasteiger partial charge < -0.3 is 10.1 Å². The predicted octanol–water partition coefficient (Wildman–Crippen LogP) is 3.58. The Hall–Kier alpha value is -0.790. The highest BCUT2D eigenvalue weighted by Crippen LogP contribution is 2.43. The third-order valence-electron chi connectivity index (χ3n) is 3.67. The van der Waals surface area contributed by atoms with E-state index in [0.717, 1.165) is 5.75 Å². The number of carbonyl (C=O) groups is 2. The van der Waals surface area contributed by atoms with Gasteiger partial charge in [-0.25, -0.2) is 4.79 Å². The zero-order valence-corrected chi connectivity index (χ0v) is 16.4. The topological polar surface area (TPSA) is 55.4 Å². The van der Waals surface area contributed by atoms with Crippen molar-refractivity contribution in [3.63, 3.8) is 0 Å². The summed E-state index contributed by atoms with van der Waals surface area (Å²) >= 11 is 5.55. The zero-order chi connectivity index (χ0) is 17.4. The van der Waals surface area contributed by atoms with E-state index in [0.29, 0.717) is 16.6 Å². The molecule has 0 bridgehead atoms. The van der Waals surface area contributed by atoms with Crippen LogP contribution >= 0.6 is 35.3 Å². The number of nitrogens with one attached hydrogen (secondary N) is 1. The third kappa shape index (κ3) is 5.63. The minimum absolute atomic E-state index is 0.234. The van der Waals surface area contributed by atoms with Gasteiger partial charge in [0, 0.05) is 5.56 Å². The minimum atomic E-state index is -0.598. The fourth-order valence-corrected chi connectivity index (χ4v) is 5.71. The first-order valence-electron chi connectivity index (χ1n) is 7.86. The average molecular weight is 386 g/mol. The number of benzene rings is 1. The second kappa shape index (κ2) is 10.3. The highest BCUT2D eigenvalue weighted by atomic mass is 32.2. The molecule has 4 nitrogen and oxygen atoms in total. The molecule has 1 atom stereocenters. The molecule has 1 aromatic carbocycles. The summed E-state index contributed by atoms with van der Waals surface area (Å²) in [6.45, 7) is 0. The summed E-state index contributed by atoms with van der Waals surface area (Å²) in [5, 5.41) is 2.78. The van der Waals surface area contributed by atoms with Crippen LogP contribution in [0.25, 0.3) is 0 Å². The lowest BCUT2D eigenvalue weighted by molar-refractivity contribution is -0.142. The van der Waals surface area contributed by atoms with E-state index in [1.54, 1.807) is 11.8 Å². The van der Waals surface area contributed by atoms with Crippen LogP contribution in [0.4, 0.5) is 0 Å². The van der Waals surface area contributed by atoms with Crippen LogP contribution in [-0.2, 0) is 9.53 Å². The fraction of sp³-hybridized carbons (Fsp3) is 0.529. The normalized spacial score (nSPS) is 16.4. The van der Waals surface area contributed by atoms with E-state index in [9.17, 15) is 9.59 Å². The Balaban J connectivity index is 1.98. The Kier molecular flexibility index (Phi) is 8.35. The van der Waals surface area contributed by atoms with Gasteiger partial charge in [-0.05, 0) is 54.1 Å². The Morgan fingerprint density at radius 2 is 1.96 bits per heavy atom. The van der Waals surface area contributed by atoms with Gasteiger partial charge in [-0.15, -0.1) is 23.5 Å². The molecule has 0 unspecified atom stereocenters. The average Bonchev–Trinajstić information content (AvgIpc) is 2.65. The molecule has 1 amide bonds. The zero-order valence-electron chi connectivity index (χ0n) is 13.9. The smallest absolute Gasteiger partial charge is 0.328 e. The van der Waals surface area contributed by atoms with Crippen LogP contribution < -0.4 is 5.32 Å². The van der Waals surface area contributed by atoms with E-state index < -0.39 is 12.0 Å². The third-order valence-corrected chi connectivity index (χ3v) is 7.33. The molecular formula is C17H23NO3S3. The van der Waals surface area contributed by atoms with Crippen molar-refractivity contribution in [2.45, 2.75) is 23.5 Å². The van der Waals surface area contributed by atoms with Crippen molar-refractivity contribution in [3.05, 3.63) is 35.4 Å². The van der Waals surface area contributed by atoms with Gasteiger partial charge >= 0.3 is 5.97 Å². The van der Waals surface area contributed by atoms with Crippen LogP contribution in [0.3, 0.4) is 0 Å². The number of hydrogen-bond donors (Lipinski definition) is 1. The highest BCUT2D eigenvalue weighted by Gasteiger charge is 2.22. The Bertz CT molecular complexity index is 545. The van der Waals surface area contributed by atoms with Gasteiger partial charge in [-0.1, -0.05) is 12.1 Å². The lowest BCUT2D eigenvalue weighted by atomic mass is 10.1. The van der Waals surface area contributed by atoms with Crippen LogP contribution in [0.2, 0.25) is 0 Å². The largest absolute Gasteiger partial charge is 0.467 e. The number of amides is 1. The molecule has 1 saturated heterocycles. The molecule has 0 spiro atoms. The van der Waals surface area contributed by atoms with Crippen molar-refractivity contribution in [2.75, 3.05) is 30.6 Å². The van der Waals surface area contributed by atoms with E-state index in [1.807, 2.05) is 54.0 Å². The molecule has 0 radical (unpaired) electrons. The molecule has 2 rings (SSSR count). The van der Waals surface area contributed by atoms with Crippen LogP contribution in [0.1, 0.15) is 33.3 Å². The standard InChI is InChI=1S/C17H23NO3S3/c1-21-16(20)14(8-11-22-2)18-15(19)12-4-6-13(7-5-12)17-23-9-3-10-24-17/h4-7,14,17H,3,8-11H2,1-2H3,(H,18,19)/t14-/m1/s1. The maximum absolute atomic E-state index is 12.4. The van der Waals surface area contributed by atoms with Gasteiger partial charge in [-0.3, -0.25) is 4.79 Å². The summed E-state index contributed by atoms with van der Waals surface area (Å²) in [6, 6.07) is 7.10. The first-order valence-corrected chi connectivity index (χ1v) is 11.4. The van der Waals surface area contributed by atoms with Gasteiger partial charge in [0.2, 0.25) is 0 Å². The minimum Gasteiger partial charge on any atom is -0.467 e. The van der Waals surface area contributed by atoms with Crippen molar-refractivity contribution in [1.82, 2.24) is 5.32 Å². The number of methoxy groups -OCH3 is 1. The second-order valence-electron chi connectivity index (χ2n) is 5.38. The summed E-state index contributed by atoms with van der Waals surface area (Å²) in [7, 11) is 1.34. The van der Waals surface area contributed by atoms with Crippen LogP contribution in [0.15, 0.2) is 24.3 Å². The number of thioether (sulfide) groups is 3. The second-order valence-corrected chi connectivity index (χ2v) is 9.09. The highest BCUT2D eigenvalue weighted by molar-refractivity contribution is 8.16. The van der Waals surface area contributed by atoms with E-state index in [-0.39, 0.29) is 5.91 Å². The summed E-state index contributed by atoms with van der Waals surface area (Å²) in [4.78, 5) is 24.2. The Morgan fingerprint density at radius 1 is 1.29 bits per heavy atom. The molecule has 1 fully saturated rings. The monoisotopic (exact) mass is 385 g/mol. The maximum atomic E-state index is 12.4. The molecule has 0 aliphatic carbocycles. The first-order chi connectivity index (χ1) is 11.7. The summed E-state index contributed by atoms with van der Waals surface area (Å²) < 4.78 is 5.23. The maximum Gasteiger partial charge on any atom is 0.328 e. The fourth-order valence-electron chi connectivity index (χ4n) is 2.34. The molecule has 24 heavy (non-hydrogen) atoms. The molecule has 0 saturated carbocycles. The van der Waals surface area contributed by atoms with Crippen molar-refractivity contribution < 1.29 is 14.3 Å². The molecule has 1 aliphatic rings. The Morgan fingerprint density at radius 3 is 2.54 bits per heavy atom. The van der Waals surface area contributed by atoms with Gasteiger partial charge in [0.25, 0.3) is 5.91 Å².